The molecule has 1 saturated heterocycles. The third kappa shape index (κ3) is 4.83. The molecule has 0 unspecified atom stereocenters. The molecular weight excluding hydrogens is 384 g/mol. The molecule has 2 aromatic rings. The molecule has 1 amide bonds. The third-order valence-electron chi connectivity index (χ3n) is 5.00. The number of nitrogens with zero attached hydrogens (tertiary/aromatic N) is 1. The van der Waals surface area contributed by atoms with E-state index >= 15 is 0 Å². The van der Waals surface area contributed by atoms with E-state index in [4.69, 9.17) is 11.6 Å². The van der Waals surface area contributed by atoms with E-state index in [1.807, 2.05) is 18.4 Å². The molecule has 1 atom stereocenters. The average Bonchev–Trinajstić information content (AvgIpc) is 3.18. The SMILES string of the molecule is CSc1ccc(Cl)c(C(=O)NC[C@@H](c2cccs2)N2CCC(C)CC2)c1. The monoisotopic (exact) mass is 408 g/mol. The number of likely N-dealkylation sites (tertiary alicyclic amines) is 1. The largest absolute Gasteiger partial charge is 0.350 e. The second-order valence-electron chi connectivity index (χ2n) is 6.81. The predicted octanol–water partition coefficient (Wildman–Crippen LogP) is 5.33. The van der Waals surface area contributed by atoms with Gasteiger partial charge in [-0.25, -0.2) is 0 Å². The van der Waals surface area contributed by atoms with Gasteiger partial charge in [-0.3, -0.25) is 9.69 Å². The van der Waals surface area contributed by atoms with Gasteiger partial charge in [0.05, 0.1) is 16.6 Å². The molecule has 1 aromatic heterocycles. The summed E-state index contributed by atoms with van der Waals surface area (Å²) in [6.45, 7) is 5.10. The van der Waals surface area contributed by atoms with Crippen molar-refractivity contribution in [3.8, 4) is 0 Å². The molecule has 0 bridgehead atoms. The summed E-state index contributed by atoms with van der Waals surface area (Å²) in [6, 6.07) is 10.1. The number of nitrogens with one attached hydrogen (secondary N) is 1. The van der Waals surface area contributed by atoms with Gasteiger partial charge in [-0.1, -0.05) is 24.6 Å². The number of carbonyl (C=O) groups excluding carboxylic acids is 1. The predicted molar refractivity (Wildman–Crippen MR) is 113 cm³/mol. The van der Waals surface area contributed by atoms with E-state index in [-0.39, 0.29) is 11.9 Å². The normalized spacial score (nSPS) is 17.2. The van der Waals surface area contributed by atoms with E-state index in [9.17, 15) is 4.79 Å². The molecule has 2 heterocycles. The van der Waals surface area contributed by atoms with Gasteiger partial charge in [0.1, 0.15) is 0 Å². The lowest BCUT2D eigenvalue weighted by Crippen LogP contribution is -2.41. The van der Waals surface area contributed by atoms with Gasteiger partial charge in [0.15, 0.2) is 0 Å². The lowest BCUT2D eigenvalue weighted by atomic mass is 9.97. The van der Waals surface area contributed by atoms with E-state index in [1.165, 1.54) is 17.7 Å². The zero-order chi connectivity index (χ0) is 18.5. The fourth-order valence-electron chi connectivity index (χ4n) is 3.32. The Morgan fingerprint density at radius 2 is 2.15 bits per heavy atom. The Hall–Kier alpha value is -1.01. The smallest absolute Gasteiger partial charge is 0.252 e. The van der Waals surface area contributed by atoms with Crippen molar-refractivity contribution in [3.63, 3.8) is 0 Å². The van der Waals surface area contributed by atoms with Gasteiger partial charge in [0, 0.05) is 16.3 Å². The maximum absolute atomic E-state index is 12.7. The van der Waals surface area contributed by atoms with Crippen LogP contribution in [-0.4, -0.2) is 36.7 Å². The fraction of sp³-hybridized carbons (Fsp3) is 0.450. The first-order valence-corrected chi connectivity index (χ1v) is 11.5. The molecule has 1 aliphatic heterocycles. The Labute approximate surface area is 169 Å². The number of benzene rings is 1. The summed E-state index contributed by atoms with van der Waals surface area (Å²) in [4.78, 5) is 17.6. The summed E-state index contributed by atoms with van der Waals surface area (Å²) >= 11 is 9.62. The summed E-state index contributed by atoms with van der Waals surface area (Å²) in [5, 5.41) is 5.73. The number of hydrogen-bond donors (Lipinski definition) is 1. The Kier molecular flexibility index (Phi) is 7.04. The molecule has 26 heavy (non-hydrogen) atoms. The van der Waals surface area contributed by atoms with Gasteiger partial charge in [-0.15, -0.1) is 23.1 Å². The van der Waals surface area contributed by atoms with Crippen LogP contribution in [0.3, 0.4) is 0 Å². The first-order valence-electron chi connectivity index (χ1n) is 8.97. The minimum Gasteiger partial charge on any atom is -0.350 e. The molecule has 0 saturated carbocycles. The summed E-state index contributed by atoms with van der Waals surface area (Å²) in [6.07, 6.45) is 4.43. The van der Waals surface area contributed by atoms with Gasteiger partial charge < -0.3 is 5.32 Å². The van der Waals surface area contributed by atoms with Crippen LogP contribution in [0.4, 0.5) is 0 Å². The van der Waals surface area contributed by atoms with Crippen LogP contribution < -0.4 is 5.32 Å². The van der Waals surface area contributed by atoms with E-state index in [1.54, 1.807) is 29.2 Å². The highest BCUT2D eigenvalue weighted by Crippen LogP contribution is 2.29. The number of hydrogen-bond acceptors (Lipinski definition) is 4. The standard InChI is InChI=1S/C20H25ClN2OS2/c1-14-7-9-23(10-8-14)18(19-4-3-11-26-19)13-22-20(24)16-12-15(25-2)5-6-17(16)21/h3-6,11-12,14,18H,7-10,13H2,1-2H3,(H,22,24)/t18-/m0/s1. The molecule has 0 spiro atoms. The molecule has 1 aliphatic rings. The molecule has 0 radical (unpaired) electrons. The van der Waals surface area contributed by atoms with Gasteiger partial charge in [-0.2, -0.15) is 0 Å². The zero-order valence-electron chi connectivity index (χ0n) is 15.2. The molecule has 1 fully saturated rings. The molecule has 3 nitrogen and oxygen atoms in total. The maximum atomic E-state index is 12.7. The second-order valence-corrected chi connectivity index (χ2v) is 9.07. The summed E-state index contributed by atoms with van der Waals surface area (Å²) in [7, 11) is 0. The van der Waals surface area contributed by atoms with Crippen LogP contribution >= 0.6 is 34.7 Å². The first-order chi connectivity index (χ1) is 12.6. The molecule has 1 N–H and O–H groups in total. The average molecular weight is 409 g/mol. The minimum atomic E-state index is -0.0992. The van der Waals surface area contributed by atoms with Crippen molar-refractivity contribution in [2.45, 2.75) is 30.7 Å². The van der Waals surface area contributed by atoms with Crippen LogP contribution in [0.1, 0.15) is 41.0 Å². The van der Waals surface area contributed by atoms with E-state index in [0.717, 1.165) is 23.9 Å². The van der Waals surface area contributed by atoms with Crippen LogP contribution in [0.5, 0.6) is 0 Å². The third-order valence-corrected chi connectivity index (χ3v) is 7.03. The van der Waals surface area contributed by atoms with E-state index in [2.05, 4.69) is 34.7 Å². The van der Waals surface area contributed by atoms with Crippen LogP contribution in [-0.2, 0) is 0 Å². The first kappa shape index (κ1) is 19.7. The zero-order valence-corrected chi connectivity index (χ0v) is 17.6. The summed E-state index contributed by atoms with van der Waals surface area (Å²) < 4.78 is 0. The topological polar surface area (TPSA) is 32.3 Å². The van der Waals surface area contributed by atoms with Gasteiger partial charge in [0.25, 0.3) is 5.91 Å². The lowest BCUT2D eigenvalue weighted by molar-refractivity contribution is 0.0915. The quantitative estimate of drug-likeness (QED) is 0.656. The fourth-order valence-corrected chi connectivity index (χ4v) is 4.82. The van der Waals surface area contributed by atoms with Crippen molar-refractivity contribution < 1.29 is 4.79 Å². The number of amides is 1. The molecule has 3 rings (SSSR count). The Morgan fingerprint density at radius 3 is 2.81 bits per heavy atom. The number of halogens is 1. The molecule has 6 heteroatoms. The lowest BCUT2D eigenvalue weighted by Gasteiger charge is -2.36. The molecule has 140 valence electrons. The second kappa shape index (κ2) is 9.27. The molecular formula is C20H25ClN2OS2. The van der Waals surface area contributed by atoms with Crippen molar-refractivity contribution in [3.05, 3.63) is 51.2 Å². The van der Waals surface area contributed by atoms with Crippen LogP contribution in [0, 0.1) is 5.92 Å². The van der Waals surface area contributed by atoms with Gasteiger partial charge in [0.2, 0.25) is 0 Å². The highest BCUT2D eigenvalue weighted by molar-refractivity contribution is 7.98. The van der Waals surface area contributed by atoms with E-state index in [0.29, 0.717) is 17.1 Å². The molecule has 1 aromatic carbocycles. The van der Waals surface area contributed by atoms with Crippen LogP contribution in [0.15, 0.2) is 40.6 Å². The highest BCUT2D eigenvalue weighted by Gasteiger charge is 2.26. The van der Waals surface area contributed by atoms with Crippen molar-refractivity contribution in [1.82, 2.24) is 10.2 Å². The molecule has 0 aliphatic carbocycles. The Morgan fingerprint density at radius 1 is 1.38 bits per heavy atom. The van der Waals surface area contributed by atoms with Gasteiger partial charge in [-0.05, 0) is 67.8 Å². The van der Waals surface area contributed by atoms with Crippen molar-refractivity contribution in [1.29, 1.82) is 0 Å². The number of thioether (sulfide) groups is 1. The van der Waals surface area contributed by atoms with Crippen molar-refractivity contribution in [2.24, 2.45) is 5.92 Å². The number of piperidine rings is 1. The maximum Gasteiger partial charge on any atom is 0.252 e. The van der Waals surface area contributed by atoms with Crippen molar-refractivity contribution >= 4 is 40.6 Å². The summed E-state index contributed by atoms with van der Waals surface area (Å²) in [5.74, 6) is 0.691. The Balaban J connectivity index is 1.71. The summed E-state index contributed by atoms with van der Waals surface area (Å²) in [5.41, 5.74) is 0.552. The number of carbonyl (C=O) groups is 1. The van der Waals surface area contributed by atoms with E-state index < -0.39 is 0 Å². The van der Waals surface area contributed by atoms with Crippen LogP contribution in [0.2, 0.25) is 5.02 Å². The van der Waals surface area contributed by atoms with Gasteiger partial charge >= 0.3 is 0 Å². The Bertz CT molecular complexity index is 727. The minimum absolute atomic E-state index is 0.0992. The van der Waals surface area contributed by atoms with Crippen molar-refractivity contribution in [2.75, 3.05) is 25.9 Å². The number of rotatable bonds is 6. The number of thiophene rings is 1. The van der Waals surface area contributed by atoms with Crippen LogP contribution in [0.25, 0.3) is 0 Å². The highest BCUT2D eigenvalue weighted by atomic mass is 35.5.